The third kappa shape index (κ3) is 4.67. The van der Waals surface area contributed by atoms with Gasteiger partial charge in [0, 0.05) is 37.9 Å². The van der Waals surface area contributed by atoms with Gasteiger partial charge >= 0.3 is 0 Å². The first-order valence-corrected chi connectivity index (χ1v) is 8.37. The maximum atomic E-state index is 12.3. The van der Waals surface area contributed by atoms with Gasteiger partial charge in [-0.1, -0.05) is 30.3 Å². The van der Waals surface area contributed by atoms with Crippen molar-refractivity contribution in [3.63, 3.8) is 0 Å². The van der Waals surface area contributed by atoms with Gasteiger partial charge in [-0.2, -0.15) is 4.98 Å². The lowest BCUT2D eigenvalue weighted by atomic mass is 10.2. The lowest BCUT2D eigenvalue weighted by Crippen LogP contribution is -2.50. The van der Waals surface area contributed by atoms with E-state index in [2.05, 4.69) is 14.9 Å². The van der Waals surface area contributed by atoms with E-state index in [0.717, 1.165) is 30.2 Å². The molecule has 0 saturated carbocycles. The number of ether oxygens (including phenoxy) is 1. The molecule has 25 heavy (non-hydrogen) atoms. The fourth-order valence-corrected chi connectivity index (χ4v) is 2.84. The monoisotopic (exact) mass is 341 g/mol. The highest BCUT2D eigenvalue weighted by Crippen LogP contribution is 2.16. The Morgan fingerprint density at radius 3 is 2.56 bits per heavy atom. The third-order valence-corrected chi connectivity index (χ3v) is 4.15. The summed E-state index contributed by atoms with van der Waals surface area (Å²) in [6.07, 6.45) is 0. The molecule has 1 aliphatic heterocycles. The topological polar surface area (TPSA) is 84.6 Å². The molecule has 132 valence electrons. The van der Waals surface area contributed by atoms with Crippen molar-refractivity contribution in [3.05, 3.63) is 47.7 Å². The Bertz CT molecular complexity index is 694. The number of aryl methyl sites for hydroxylation is 1. The van der Waals surface area contributed by atoms with Crippen molar-refractivity contribution < 1.29 is 9.53 Å². The molecule has 1 aliphatic rings. The number of amides is 1. The Balaban J connectivity index is 1.46. The average molecular weight is 341 g/mol. The highest BCUT2D eigenvalue weighted by molar-refractivity contribution is 5.77. The van der Waals surface area contributed by atoms with Crippen LogP contribution in [0.15, 0.2) is 36.4 Å². The SMILES string of the molecule is Cc1cc(N2CCN(C(=O)COCc3ccccc3)CC2)nc(N)n1. The first kappa shape index (κ1) is 17.2. The zero-order chi connectivity index (χ0) is 17.6. The van der Waals surface area contributed by atoms with Crippen molar-refractivity contribution in [1.29, 1.82) is 0 Å². The molecule has 2 heterocycles. The summed E-state index contributed by atoms with van der Waals surface area (Å²) < 4.78 is 5.54. The number of aromatic nitrogens is 2. The molecule has 0 aliphatic carbocycles. The molecular weight excluding hydrogens is 318 g/mol. The lowest BCUT2D eigenvalue weighted by Gasteiger charge is -2.35. The summed E-state index contributed by atoms with van der Waals surface area (Å²) in [6, 6.07) is 11.8. The van der Waals surface area contributed by atoms with Crippen LogP contribution in [0.4, 0.5) is 11.8 Å². The number of carbonyl (C=O) groups excluding carboxylic acids is 1. The normalized spacial score (nSPS) is 14.6. The van der Waals surface area contributed by atoms with Crippen LogP contribution in [0.1, 0.15) is 11.3 Å². The molecule has 7 heteroatoms. The van der Waals surface area contributed by atoms with Gasteiger partial charge in [0.15, 0.2) is 0 Å². The number of benzene rings is 1. The maximum Gasteiger partial charge on any atom is 0.248 e. The number of piperazine rings is 1. The van der Waals surface area contributed by atoms with Crippen LogP contribution in [-0.2, 0) is 16.1 Å². The molecule has 2 aromatic rings. The van der Waals surface area contributed by atoms with Gasteiger partial charge in [0.2, 0.25) is 11.9 Å². The number of carbonyl (C=O) groups is 1. The predicted octanol–water partition coefficient (Wildman–Crippen LogP) is 1.23. The second kappa shape index (κ2) is 7.94. The van der Waals surface area contributed by atoms with E-state index >= 15 is 0 Å². The summed E-state index contributed by atoms with van der Waals surface area (Å²) in [7, 11) is 0. The van der Waals surface area contributed by atoms with Gasteiger partial charge in [0.05, 0.1) is 6.61 Å². The van der Waals surface area contributed by atoms with Crippen molar-refractivity contribution >= 4 is 17.7 Å². The molecule has 0 bridgehead atoms. The molecule has 0 spiro atoms. The van der Waals surface area contributed by atoms with Crippen LogP contribution in [0, 0.1) is 6.92 Å². The van der Waals surface area contributed by atoms with Crippen LogP contribution in [0.3, 0.4) is 0 Å². The highest BCUT2D eigenvalue weighted by atomic mass is 16.5. The summed E-state index contributed by atoms with van der Waals surface area (Å²) in [5.41, 5.74) is 7.62. The van der Waals surface area contributed by atoms with E-state index in [1.54, 1.807) is 0 Å². The quantitative estimate of drug-likeness (QED) is 0.881. The Kier molecular flexibility index (Phi) is 5.45. The molecule has 1 amide bonds. The fraction of sp³-hybridized carbons (Fsp3) is 0.389. The van der Waals surface area contributed by atoms with Gasteiger partial charge in [-0.3, -0.25) is 4.79 Å². The third-order valence-electron chi connectivity index (χ3n) is 4.15. The smallest absolute Gasteiger partial charge is 0.248 e. The minimum Gasteiger partial charge on any atom is -0.368 e. The average Bonchev–Trinajstić information content (AvgIpc) is 2.62. The van der Waals surface area contributed by atoms with Crippen molar-refractivity contribution in [3.8, 4) is 0 Å². The molecule has 1 aromatic heterocycles. The van der Waals surface area contributed by atoms with Crippen LogP contribution >= 0.6 is 0 Å². The molecule has 1 fully saturated rings. The molecule has 0 radical (unpaired) electrons. The summed E-state index contributed by atoms with van der Waals surface area (Å²) in [6.45, 7) is 5.19. The minimum atomic E-state index is 0.0222. The molecule has 0 unspecified atom stereocenters. The maximum absolute atomic E-state index is 12.3. The van der Waals surface area contributed by atoms with E-state index in [4.69, 9.17) is 10.5 Å². The van der Waals surface area contributed by atoms with Crippen molar-refractivity contribution in [2.24, 2.45) is 0 Å². The van der Waals surface area contributed by atoms with Gasteiger partial charge in [-0.15, -0.1) is 0 Å². The number of nitrogen functional groups attached to an aromatic ring is 1. The first-order valence-electron chi connectivity index (χ1n) is 8.37. The number of nitrogens with two attached hydrogens (primary N) is 1. The van der Waals surface area contributed by atoms with Crippen LogP contribution in [0.25, 0.3) is 0 Å². The van der Waals surface area contributed by atoms with E-state index in [-0.39, 0.29) is 18.5 Å². The summed E-state index contributed by atoms with van der Waals surface area (Å²) in [5, 5.41) is 0. The summed E-state index contributed by atoms with van der Waals surface area (Å²) >= 11 is 0. The molecule has 3 rings (SSSR count). The first-order chi connectivity index (χ1) is 12.1. The second-order valence-corrected chi connectivity index (χ2v) is 6.07. The number of nitrogens with zero attached hydrogens (tertiary/aromatic N) is 4. The van der Waals surface area contributed by atoms with E-state index in [9.17, 15) is 4.79 Å². The van der Waals surface area contributed by atoms with Crippen molar-refractivity contribution in [2.75, 3.05) is 43.4 Å². The highest BCUT2D eigenvalue weighted by Gasteiger charge is 2.22. The largest absolute Gasteiger partial charge is 0.368 e. The van der Waals surface area contributed by atoms with Gasteiger partial charge in [-0.05, 0) is 12.5 Å². The number of hydrogen-bond donors (Lipinski definition) is 1. The minimum absolute atomic E-state index is 0.0222. The number of anilines is 2. The van der Waals surface area contributed by atoms with Gasteiger partial charge < -0.3 is 20.3 Å². The summed E-state index contributed by atoms with van der Waals surface area (Å²) in [4.78, 5) is 24.6. The zero-order valence-electron chi connectivity index (χ0n) is 14.4. The van der Waals surface area contributed by atoms with Crippen molar-refractivity contribution in [2.45, 2.75) is 13.5 Å². The van der Waals surface area contributed by atoms with Crippen LogP contribution in [0.5, 0.6) is 0 Å². The Hall–Kier alpha value is -2.67. The lowest BCUT2D eigenvalue weighted by molar-refractivity contribution is -0.136. The van der Waals surface area contributed by atoms with Crippen LogP contribution in [0.2, 0.25) is 0 Å². The molecule has 1 saturated heterocycles. The van der Waals surface area contributed by atoms with E-state index in [1.807, 2.05) is 48.2 Å². The number of hydrogen-bond acceptors (Lipinski definition) is 6. The molecule has 2 N–H and O–H groups in total. The van der Waals surface area contributed by atoms with E-state index < -0.39 is 0 Å². The Morgan fingerprint density at radius 1 is 1.16 bits per heavy atom. The molecule has 1 aromatic carbocycles. The fourth-order valence-electron chi connectivity index (χ4n) is 2.84. The van der Waals surface area contributed by atoms with E-state index in [0.29, 0.717) is 19.7 Å². The van der Waals surface area contributed by atoms with Gasteiger partial charge in [0.1, 0.15) is 12.4 Å². The van der Waals surface area contributed by atoms with Crippen LogP contribution < -0.4 is 10.6 Å². The van der Waals surface area contributed by atoms with Crippen LogP contribution in [-0.4, -0.2) is 53.6 Å². The van der Waals surface area contributed by atoms with Gasteiger partial charge in [0.25, 0.3) is 0 Å². The van der Waals surface area contributed by atoms with Gasteiger partial charge in [-0.25, -0.2) is 4.98 Å². The predicted molar refractivity (Wildman–Crippen MR) is 96.1 cm³/mol. The molecule has 0 atom stereocenters. The second-order valence-electron chi connectivity index (χ2n) is 6.07. The number of rotatable bonds is 5. The zero-order valence-corrected chi connectivity index (χ0v) is 14.4. The molecule has 7 nitrogen and oxygen atoms in total. The Morgan fingerprint density at radius 2 is 1.88 bits per heavy atom. The van der Waals surface area contributed by atoms with E-state index in [1.165, 1.54) is 0 Å². The molecular formula is C18H23N5O2. The van der Waals surface area contributed by atoms with Crippen molar-refractivity contribution in [1.82, 2.24) is 14.9 Å². The Labute approximate surface area is 147 Å². The summed E-state index contributed by atoms with van der Waals surface area (Å²) in [5.74, 6) is 1.12. The standard InChI is InChI=1S/C18H23N5O2/c1-14-11-16(21-18(19)20-14)22-7-9-23(10-8-22)17(24)13-25-12-15-5-3-2-4-6-15/h2-6,11H,7-10,12-13H2,1H3,(H2,19,20,21).